The van der Waals surface area contributed by atoms with Gasteiger partial charge in [0.15, 0.2) is 4.73 Å². The number of rotatable bonds is 1. The summed E-state index contributed by atoms with van der Waals surface area (Å²) in [6, 6.07) is 6.76. The van der Waals surface area contributed by atoms with Crippen molar-refractivity contribution >= 4 is 15.9 Å². The maximum absolute atomic E-state index is 6.12. The molecule has 1 atom stereocenters. The molecule has 100 valence electrons. The van der Waals surface area contributed by atoms with E-state index in [4.69, 9.17) is 10.7 Å². The highest BCUT2D eigenvalue weighted by atomic mass is 79.9. The minimum atomic E-state index is 0.250. The van der Waals surface area contributed by atoms with E-state index in [0.29, 0.717) is 0 Å². The summed E-state index contributed by atoms with van der Waals surface area (Å²) in [6.45, 7) is 5.21. The van der Waals surface area contributed by atoms with Crippen molar-refractivity contribution in [1.82, 2.24) is 9.55 Å². The molecule has 0 aliphatic carbocycles. The fraction of sp³-hybridized carbons (Fsp3) is 0.400. The molecule has 2 heterocycles. The van der Waals surface area contributed by atoms with Crippen LogP contribution in [0.4, 0.5) is 0 Å². The molecule has 1 aliphatic rings. The van der Waals surface area contributed by atoms with Gasteiger partial charge in [-0.15, -0.1) is 0 Å². The van der Waals surface area contributed by atoms with Crippen LogP contribution in [0.5, 0.6) is 0 Å². The lowest BCUT2D eigenvalue weighted by Crippen LogP contribution is -2.30. The average molecular weight is 320 g/mol. The molecule has 2 N–H and O–H groups in total. The fourth-order valence-electron chi connectivity index (χ4n) is 2.74. The zero-order valence-electron chi connectivity index (χ0n) is 11.3. The summed E-state index contributed by atoms with van der Waals surface area (Å²) in [5.41, 5.74) is 12.2. The highest BCUT2D eigenvalue weighted by Crippen LogP contribution is 2.32. The van der Waals surface area contributed by atoms with Crippen molar-refractivity contribution in [3.63, 3.8) is 0 Å². The van der Waals surface area contributed by atoms with Crippen molar-refractivity contribution in [3.8, 4) is 11.3 Å². The molecule has 0 amide bonds. The van der Waals surface area contributed by atoms with Gasteiger partial charge in [-0.25, -0.2) is 4.98 Å². The Morgan fingerprint density at radius 2 is 2.16 bits per heavy atom. The number of nitrogens with zero attached hydrogens (tertiary/aromatic N) is 2. The Kier molecular flexibility index (Phi) is 3.23. The van der Waals surface area contributed by atoms with Gasteiger partial charge in [0.1, 0.15) is 0 Å². The van der Waals surface area contributed by atoms with E-state index in [0.717, 1.165) is 29.8 Å². The molecule has 19 heavy (non-hydrogen) atoms. The standard InChI is InChI=1S/C15H18BrN3/c1-9-3-4-10(2)12(7-9)14-13-8-11(17)5-6-19(13)15(16)18-14/h3-4,7,11H,5-6,8,17H2,1-2H3. The highest BCUT2D eigenvalue weighted by molar-refractivity contribution is 9.10. The number of halogens is 1. The number of imidazole rings is 1. The predicted molar refractivity (Wildman–Crippen MR) is 81.1 cm³/mol. The monoisotopic (exact) mass is 319 g/mol. The van der Waals surface area contributed by atoms with E-state index in [2.05, 4.69) is 52.5 Å². The first kappa shape index (κ1) is 12.9. The third-order valence-corrected chi connectivity index (χ3v) is 4.46. The second kappa shape index (κ2) is 4.76. The fourth-order valence-corrected chi connectivity index (χ4v) is 3.31. The van der Waals surface area contributed by atoms with Crippen LogP contribution in [-0.2, 0) is 13.0 Å². The van der Waals surface area contributed by atoms with Crippen LogP contribution in [-0.4, -0.2) is 15.6 Å². The van der Waals surface area contributed by atoms with Crippen molar-refractivity contribution in [2.24, 2.45) is 5.73 Å². The van der Waals surface area contributed by atoms with Gasteiger partial charge >= 0.3 is 0 Å². The molecule has 2 aromatic rings. The summed E-state index contributed by atoms with van der Waals surface area (Å²) in [5.74, 6) is 0. The van der Waals surface area contributed by atoms with Crippen molar-refractivity contribution in [2.45, 2.75) is 39.3 Å². The maximum Gasteiger partial charge on any atom is 0.177 e. The Morgan fingerprint density at radius 1 is 1.37 bits per heavy atom. The van der Waals surface area contributed by atoms with Crippen LogP contribution < -0.4 is 5.73 Å². The number of hydrogen-bond acceptors (Lipinski definition) is 2. The third kappa shape index (κ3) is 2.23. The van der Waals surface area contributed by atoms with E-state index in [9.17, 15) is 0 Å². The number of nitrogens with two attached hydrogens (primary N) is 1. The lowest BCUT2D eigenvalue weighted by molar-refractivity contribution is 0.467. The normalized spacial score (nSPS) is 18.4. The van der Waals surface area contributed by atoms with Crippen LogP contribution >= 0.6 is 15.9 Å². The van der Waals surface area contributed by atoms with Gasteiger partial charge in [0.25, 0.3) is 0 Å². The first-order valence-corrected chi connectivity index (χ1v) is 7.43. The van der Waals surface area contributed by atoms with Gasteiger partial charge in [0, 0.05) is 30.3 Å². The predicted octanol–water partition coefficient (Wildman–Crippen LogP) is 3.20. The van der Waals surface area contributed by atoms with Gasteiger partial charge < -0.3 is 10.3 Å². The SMILES string of the molecule is Cc1ccc(C)c(-c2nc(Br)n3c2CC(N)CC3)c1. The molecule has 0 fully saturated rings. The number of hydrogen-bond donors (Lipinski definition) is 1. The van der Waals surface area contributed by atoms with Crippen LogP contribution in [0.15, 0.2) is 22.9 Å². The summed E-state index contributed by atoms with van der Waals surface area (Å²) in [6.07, 6.45) is 1.93. The minimum Gasteiger partial charge on any atom is -0.327 e. The summed E-state index contributed by atoms with van der Waals surface area (Å²) in [5, 5.41) is 0. The molecule has 0 radical (unpaired) electrons. The van der Waals surface area contributed by atoms with Gasteiger partial charge in [-0.1, -0.05) is 17.7 Å². The first-order valence-electron chi connectivity index (χ1n) is 6.64. The van der Waals surface area contributed by atoms with E-state index in [-0.39, 0.29) is 6.04 Å². The highest BCUT2D eigenvalue weighted by Gasteiger charge is 2.24. The zero-order chi connectivity index (χ0) is 13.6. The zero-order valence-corrected chi connectivity index (χ0v) is 12.9. The maximum atomic E-state index is 6.12. The van der Waals surface area contributed by atoms with Gasteiger partial charge in [0.05, 0.1) is 5.69 Å². The van der Waals surface area contributed by atoms with Crippen molar-refractivity contribution in [1.29, 1.82) is 0 Å². The van der Waals surface area contributed by atoms with Crippen LogP contribution in [0.25, 0.3) is 11.3 Å². The molecule has 1 aromatic carbocycles. The molecule has 0 bridgehead atoms. The third-order valence-electron chi connectivity index (χ3n) is 3.85. The average Bonchev–Trinajstić information content (AvgIpc) is 2.69. The van der Waals surface area contributed by atoms with Gasteiger partial charge in [-0.3, -0.25) is 0 Å². The molecular weight excluding hydrogens is 302 g/mol. The molecule has 3 rings (SSSR count). The van der Waals surface area contributed by atoms with Crippen molar-refractivity contribution < 1.29 is 0 Å². The largest absolute Gasteiger partial charge is 0.327 e. The van der Waals surface area contributed by atoms with Gasteiger partial charge in [-0.05, 0) is 47.8 Å². The molecular formula is C15H18BrN3. The number of aryl methyl sites for hydroxylation is 2. The summed E-state index contributed by atoms with van der Waals surface area (Å²) in [4.78, 5) is 4.72. The Labute approximate surface area is 122 Å². The van der Waals surface area contributed by atoms with Crippen LogP contribution in [0, 0.1) is 13.8 Å². The summed E-state index contributed by atoms with van der Waals surface area (Å²) in [7, 11) is 0. The molecule has 4 heteroatoms. The minimum absolute atomic E-state index is 0.250. The van der Waals surface area contributed by atoms with E-state index in [1.165, 1.54) is 22.4 Å². The number of benzene rings is 1. The topological polar surface area (TPSA) is 43.8 Å². The molecule has 1 aromatic heterocycles. The van der Waals surface area contributed by atoms with Crippen LogP contribution in [0.3, 0.4) is 0 Å². The molecule has 0 spiro atoms. The second-order valence-corrected chi connectivity index (χ2v) is 6.11. The Balaban J connectivity index is 2.18. The Bertz CT molecular complexity index is 631. The molecule has 0 saturated carbocycles. The van der Waals surface area contributed by atoms with Crippen molar-refractivity contribution in [3.05, 3.63) is 39.8 Å². The van der Waals surface area contributed by atoms with Crippen LogP contribution in [0.1, 0.15) is 23.2 Å². The van der Waals surface area contributed by atoms with Gasteiger partial charge in [-0.2, -0.15) is 0 Å². The lowest BCUT2D eigenvalue weighted by Gasteiger charge is -2.22. The van der Waals surface area contributed by atoms with E-state index >= 15 is 0 Å². The molecule has 1 aliphatic heterocycles. The Morgan fingerprint density at radius 3 is 2.95 bits per heavy atom. The van der Waals surface area contributed by atoms with Crippen molar-refractivity contribution in [2.75, 3.05) is 0 Å². The Hall–Kier alpha value is -1.13. The number of aromatic nitrogens is 2. The van der Waals surface area contributed by atoms with Crippen LogP contribution in [0.2, 0.25) is 0 Å². The molecule has 3 nitrogen and oxygen atoms in total. The smallest absolute Gasteiger partial charge is 0.177 e. The van der Waals surface area contributed by atoms with E-state index in [1.807, 2.05) is 0 Å². The van der Waals surface area contributed by atoms with Gasteiger partial charge in [0.2, 0.25) is 0 Å². The lowest BCUT2D eigenvalue weighted by atomic mass is 9.97. The summed E-state index contributed by atoms with van der Waals surface area (Å²) < 4.78 is 3.17. The molecule has 0 saturated heterocycles. The first-order chi connectivity index (χ1) is 9.06. The second-order valence-electron chi connectivity index (χ2n) is 5.40. The molecule has 1 unspecified atom stereocenters. The van der Waals surface area contributed by atoms with E-state index in [1.54, 1.807) is 0 Å². The number of fused-ring (bicyclic) bond motifs is 1. The summed E-state index contributed by atoms with van der Waals surface area (Å²) >= 11 is 3.57. The van der Waals surface area contributed by atoms with E-state index < -0.39 is 0 Å². The quantitative estimate of drug-likeness (QED) is 0.877.